The molecule has 0 saturated carbocycles. The number of aryl methyl sites for hydroxylation is 1. The maximum Gasteiger partial charge on any atom is 0.273 e. The minimum atomic E-state index is -0.427. The largest absolute Gasteiger partial charge is 0.456 e. The standard InChI is InChI=1S/C15H14BrNO4/c1-10-8-15(12(16)9-13(10)17(19)20)21-14-5-3-2-4-11(14)6-7-18/h2-5,8-9,18H,6-7H2,1H3. The van der Waals surface area contributed by atoms with E-state index in [9.17, 15) is 10.1 Å². The third kappa shape index (κ3) is 3.59. The first-order valence-corrected chi connectivity index (χ1v) is 7.13. The van der Waals surface area contributed by atoms with Gasteiger partial charge < -0.3 is 9.84 Å². The number of hydrogen-bond donors (Lipinski definition) is 1. The summed E-state index contributed by atoms with van der Waals surface area (Å²) in [6, 6.07) is 10.4. The number of halogens is 1. The Morgan fingerprint density at radius 3 is 2.67 bits per heavy atom. The van der Waals surface area contributed by atoms with Crippen LogP contribution >= 0.6 is 15.9 Å². The van der Waals surface area contributed by atoms with E-state index in [2.05, 4.69) is 15.9 Å². The first kappa shape index (κ1) is 15.5. The molecular formula is C15H14BrNO4. The zero-order valence-corrected chi connectivity index (χ0v) is 13.0. The van der Waals surface area contributed by atoms with Gasteiger partial charge in [-0.15, -0.1) is 0 Å². The highest BCUT2D eigenvalue weighted by molar-refractivity contribution is 9.10. The highest BCUT2D eigenvalue weighted by atomic mass is 79.9. The molecule has 1 N–H and O–H groups in total. The van der Waals surface area contributed by atoms with Crippen LogP contribution in [0.1, 0.15) is 11.1 Å². The monoisotopic (exact) mass is 351 g/mol. The zero-order chi connectivity index (χ0) is 15.4. The molecule has 0 radical (unpaired) electrons. The molecule has 0 bridgehead atoms. The van der Waals surface area contributed by atoms with Crippen molar-refractivity contribution in [2.45, 2.75) is 13.3 Å². The van der Waals surface area contributed by atoms with E-state index in [0.29, 0.717) is 28.0 Å². The molecule has 0 amide bonds. The van der Waals surface area contributed by atoms with Crippen LogP contribution in [-0.2, 0) is 6.42 Å². The highest BCUT2D eigenvalue weighted by Gasteiger charge is 2.16. The average Bonchev–Trinajstić information content (AvgIpc) is 2.44. The summed E-state index contributed by atoms with van der Waals surface area (Å²) >= 11 is 3.29. The number of nitrogens with zero attached hydrogens (tertiary/aromatic N) is 1. The molecule has 2 aromatic carbocycles. The van der Waals surface area contributed by atoms with Crippen molar-refractivity contribution < 1.29 is 14.8 Å². The molecule has 21 heavy (non-hydrogen) atoms. The van der Waals surface area contributed by atoms with Gasteiger partial charge in [-0.3, -0.25) is 10.1 Å². The van der Waals surface area contributed by atoms with Crippen molar-refractivity contribution in [3.63, 3.8) is 0 Å². The van der Waals surface area contributed by atoms with Crippen LogP contribution < -0.4 is 4.74 Å². The molecule has 0 spiro atoms. The van der Waals surface area contributed by atoms with Gasteiger partial charge in [0.1, 0.15) is 11.5 Å². The smallest absolute Gasteiger partial charge is 0.273 e. The van der Waals surface area contributed by atoms with Crippen LogP contribution in [0.5, 0.6) is 11.5 Å². The number of aliphatic hydroxyl groups is 1. The summed E-state index contributed by atoms with van der Waals surface area (Å²) in [7, 11) is 0. The first-order chi connectivity index (χ1) is 10.0. The number of hydrogen-bond acceptors (Lipinski definition) is 4. The summed E-state index contributed by atoms with van der Waals surface area (Å²) in [5.41, 5.74) is 1.44. The van der Waals surface area contributed by atoms with Gasteiger partial charge in [-0.2, -0.15) is 0 Å². The molecular weight excluding hydrogens is 338 g/mol. The molecule has 2 aromatic rings. The number of aliphatic hydroxyl groups excluding tert-OH is 1. The van der Waals surface area contributed by atoms with Crippen LogP contribution in [0.25, 0.3) is 0 Å². The lowest BCUT2D eigenvalue weighted by Gasteiger charge is -2.12. The fourth-order valence-corrected chi connectivity index (χ4v) is 2.38. The molecule has 0 aliphatic rings. The number of benzene rings is 2. The molecule has 0 fully saturated rings. The van der Waals surface area contributed by atoms with Crippen LogP contribution in [-0.4, -0.2) is 16.6 Å². The van der Waals surface area contributed by atoms with E-state index in [4.69, 9.17) is 9.84 Å². The van der Waals surface area contributed by atoms with E-state index in [-0.39, 0.29) is 12.3 Å². The first-order valence-electron chi connectivity index (χ1n) is 6.34. The predicted molar refractivity (Wildman–Crippen MR) is 82.8 cm³/mol. The Hall–Kier alpha value is -1.92. The summed E-state index contributed by atoms with van der Waals surface area (Å²) in [5.74, 6) is 1.13. The maximum atomic E-state index is 10.9. The second-order valence-electron chi connectivity index (χ2n) is 4.51. The van der Waals surface area contributed by atoms with Gasteiger partial charge in [0.25, 0.3) is 5.69 Å². The van der Waals surface area contributed by atoms with Crippen molar-refractivity contribution in [2.24, 2.45) is 0 Å². The van der Waals surface area contributed by atoms with Crippen LogP contribution in [0, 0.1) is 17.0 Å². The summed E-state index contributed by atoms with van der Waals surface area (Å²) < 4.78 is 6.34. The Balaban J connectivity index is 2.36. The molecule has 110 valence electrons. The van der Waals surface area contributed by atoms with Crippen molar-refractivity contribution in [1.29, 1.82) is 0 Å². The molecule has 0 aliphatic carbocycles. The quantitative estimate of drug-likeness (QED) is 0.652. The number of rotatable bonds is 5. The third-order valence-electron chi connectivity index (χ3n) is 3.02. The lowest BCUT2D eigenvalue weighted by molar-refractivity contribution is -0.385. The van der Waals surface area contributed by atoms with Crippen molar-refractivity contribution in [1.82, 2.24) is 0 Å². The van der Waals surface area contributed by atoms with Crippen LogP contribution in [0.3, 0.4) is 0 Å². The maximum absolute atomic E-state index is 10.9. The van der Waals surface area contributed by atoms with Gasteiger partial charge in [0, 0.05) is 18.2 Å². The van der Waals surface area contributed by atoms with E-state index in [1.165, 1.54) is 6.07 Å². The molecule has 0 aromatic heterocycles. The Morgan fingerprint density at radius 1 is 1.29 bits per heavy atom. The second kappa shape index (κ2) is 6.69. The molecule has 5 nitrogen and oxygen atoms in total. The van der Waals surface area contributed by atoms with Crippen LogP contribution in [0.4, 0.5) is 5.69 Å². The van der Waals surface area contributed by atoms with E-state index in [0.717, 1.165) is 5.56 Å². The van der Waals surface area contributed by atoms with E-state index < -0.39 is 4.92 Å². The van der Waals surface area contributed by atoms with Gasteiger partial charge in [-0.05, 0) is 47.0 Å². The fraction of sp³-hybridized carbons (Fsp3) is 0.200. The van der Waals surface area contributed by atoms with E-state index in [1.54, 1.807) is 19.1 Å². The molecule has 6 heteroatoms. The fourth-order valence-electron chi connectivity index (χ4n) is 1.97. The van der Waals surface area contributed by atoms with Crippen molar-refractivity contribution in [2.75, 3.05) is 6.61 Å². The normalized spacial score (nSPS) is 10.4. The minimum Gasteiger partial charge on any atom is -0.456 e. The molecule has 0 saturated heterocycles. The highest BCUT2D eigenvalue weighted by Crippen LogP contribution is 2.36. The van der Waals surface area contributed by atoms with E-state index >= 15 is 0 Å². The molecule has 2 rings (SSSR count). The lowest BCUT2D eigenvalue weighted by Crippen LogP contribution is -1.97. The van der Waals surface area contributed by atoms with Gasteiger partial charge >= 0.3 is 0 Å². The predicted octanol–water partition coefficient (Wildman–Crippen LogP) is 3.99. The Kier molecular flexibility index (Phi) is 4.93. The molecule has 0 atom stereocenters. The number of nitro benzene ring substituents is 1. The topological polar surface area (TPSA) is 72.6 Å². The van der Waals surface area contributed by atoms with E-state index in [1.807, 2.05) is 18.2 Å². The van der Waals surface area contributed by atoms with Gasteiger partial charge in [-0.1, -0.05) is 18.2 Å². The molecule has 0 aliphatic heterocycles. The second-order valence-corrected chi connectivity index (χ2v) is 5.36. The Bertz CT molecular complexity index is 673. The minimum absolute atomic E-state index is 0.0286. The van der Waals surface area contributed by atoms with Crippen molar-refractivity contribution in [3.8, 4) is 11.5 Å². The van der Waals surface area contributed by atoms with Crippen molar-refractivity contribution >= 4 is 21.6 Å². The lowest BCUT2D eigenvalue weighted by atomic mass is 10.1. The zero-order valence-electron chi connectivity index (χ0n) is 11.4. The number of nitro groups is 1. The molecule has 0 unspecified atom stereocenters. The third-order valence-corrected chi connectivity index (χ3v) is 3.64. The summed E-state index contributed by atoms with van der Waals surface area (Å²) in [5, 5.41) is 20.0. The van der Waals surface area contributed by atoms with Crippen LogP contribution in [0.2, 0.25) is 0 Å². The summed E-state index contributed by atoms with van der Waals surface area (Å²) in [6.45, 7) is 1.69. The Morgan fingerprint density at radius 2 is 2.00 bits per heavy atom. The Labute approximate surface area is 130 Å². The number of para-hydroxylation sites is 1. The summed E-state index contributed by atoms with van der Waals surface area (Å²) in [6.07, 6.45) is 0.486. The summed E-state index contributed by atoms with van der Waals surface area (Å²) in [4.78, 5) is 10.5. The van der Waals surface area contributed by atoms with Gasteiger partial charge in [0.15, 0.2) is 0 Å². The van der Waals surface area contributed by atoms with Crippen LogP contribution in [0.15, 0.2) is 40.9 Å². The van der Waals surface area contributed by atoms with Gasteiger partial charge in [0.05, 0.1) is 9.40 Å². The molecule has 0 heterocycles. The van der Waals surface area contributed by atoms with Crippen molar-refractivity contribution in [3.05, 3.63) is 62.1 Å². The SMILES string of the molecule is Cc1cc(Oc2ccccc2CCO)c(Br)cc1[N+](=O)[O-]. The number of ether oxygens (including phenoxy) is 1. The average molecular weight is 352 g/mol. The van der Waals surface area contributed by atoms with Gasteiger partial charge in [0.2, 0.25) is 0 Å². The van der Waals surface area contributed by atoms with Gasteiger partial charge in [-0.25, -0.2) is 0 Å².